The molecule has 1 atom stereocenters. The van der Waals surface area contributed by atoms with Gasteiger partial charge in [0.1, 0.15) is 4.90 Å². The van der Waals surface area contributed by atoms with Gasteiger partial charge in [-0.15, -0.1) is 0 Å². The molecule has 0 unspecified atom stereocenters. The van der Waals surface area contributed by atoms with E-state index in [9.17, 15) is 8.42 Å². The van der Waals surface area contributed by atoms with Crippen molar-refractivity contribution in [3.05, 3.63) is 29.3 Å². The third kappa shape index (κ3) is 3.32. The number of hydrogen-bond donors (Lipinski definition) is 1. The van der Waals surface area contributed by atoms with Crippen LogP contribution in [0.4, 0.5) is 0 Å². The van der Waals surface area contributed by atoms with Crippen LogP contribution in [0.15, 0.2) is 17.3 Å². The largest absolute Gasteiger partial charge is 0.298 e. The van der Waals surface area contributed by atoms with E-state index in [1.165, 1.54) is 18.0 Å². The van der Waals surface area contributed by atoms with Gasteiger partial charge in [0.05, 0.1) is 17.6 Å². The van der Waals surface area contributed by atoms with Crippen LogP contribution in [0.2, 0.25) is 0 Å². The van der Waals surface area contributed by atoms with Crippen LogP contribution in [-0.2, 0) is 22.9 Å². The maximum Gasteiger partial charge on any atom is 0.178 e. The molecule has 3 heterocycles. The highest BCUT2D eigenvalue weighted by Gasteiger charge is 2.30. The lowest BCUT2D eigenvalue weighted by molar-refractivity contribution is 0.325. The Balaban J connectivity index is 1.72. The van der Waals surface area contributed by atoms with Crippen molar-refractivity contribution in [2.45, 2.75) is 44.2 Å². The average molecular weight is 337 g/mol. The van der Waals surface area contributed by atoms with Crippen molar-refractivity contribution >= 4 is 9.84 Å². The number of aryl methyl sites for hydroxylation is 2. The molecule has 23 heavy (non-hydrogen) atoms. The molecule has 7 nitrogen and oxygen atoms in total. The molecular formula is C15H23N5O2S. The van der Waals surface area contributed by atoms with E-state index >= 15 is 0 Å². The second kappa shape index (κ2) is 6.09. The highest BCUT2D eigenvalue weighted by Crippen LogP contribution is 2.31. The van der Waals surface area contributed by atoms with Gasteiger partial charge in [-0.1, -0.05) is 0 Å². The molecule has 1 aliphatic heterocycles. The van der Waals surface area contributed by atoms with Crippen LogP contribution in [0.1, 0.15) is 36.2 Å². The zero-order valence-corrected chi connectivity index (χ0v) is 14.6. The smallest absolute Gasteiger partial charge is 0.178 e. The van der Waals surface area contributed by atoms with Crippen LogP contribution in [0, 0.1) is 6.92 Å². The van der Waals surface area contributed by atoms with Gasteiger partial charge < -0.3 is 0 Å². The number of nitrogens with zero attached hydrogens (tertiary/aromatic N) is 4. The topological polar surface area (TPSA) is 83.9 Å². The van der Waals surface area contributed by atoms with Gasteiger partial charge >= 0.3 is 0 Å². The molecule has 0 bridgehead atoms. The summed E-state index contributed by atoms with van der Waals surface area (Å²) in [7, 11) is -3.24. The molecule has 0 aromatic carbocycles. The Kier molecular flexibility index (Phi) is 4.29. The molecule has 0 spiro atoms. The van der Waals surface area contributed by atoms with Gasteiger partial charge in [0.15, 0.2) is 9.84 Å². The fourth-order valence-corrected chi connectivity index (χ4v) is 4.06. The number of sulfone groups is 1. The zero-order chi connectivity index (χ0) is 16.6. The Bertz CT molecular complexity index is 793. The SMILES string of the molecule is CCn1cc(CN2CC[C@@H](c3[nH]ncc3S(C)(=O)=O)C2)c(C)n1. The van der Waals surface area contributed by atoms with Crippen molar-refractivity contribution in [2.75, 3.05) is 19.3 Å². The predicted octanol–water partition coefficient (Wildman–Crippen LogP) is 1.33. The quantitative estimate of drug-likeness (QED) is 0.890. The van der Waals surface area contributed by atoms with E-state index < -0.39 is 9.84 Å². The van der Waals surface area contributed by atoms with Crippen LogP contribution in [0.3, 0.4) is 0 Å². The third-order valence-corrected chi connectivity index (χ3v) is 5.60. The lowest BCUT2D eigenvalue weighted by atomic mass is 10.1. The van der Waals surface area contributed by atoms with E-state index in [1.54, 1.807) is 0 Å². The first-order valence-electron chi connectivity index (χ1n) is 7.87. The average Bonchev–Trinajstić information content (AvgIpc) is 3.18. The summed E-state index contributed by atoms with van der Waals surface area (Å²) in [5, 5.41) is 11.3. The minimum absolute atomic E-state index is 0.184. The first kappa shape index (κ1) is 16.2. The van der Waals surface area contributed by atoms with Crippen molar-refractivity contribution in [1.82, 2.24) is 24.9 Å². The van der Waals surface area contributed by atoms with E-state index in [0.717, 1.165) is 44.0 Å². The molecule has 1 fully saturated rings. The molecule has 0 amide bonds. The minimum atomic E-state index is -3.24. The van der Waals surface area contributed by atoms with Crippen molar-refractivity contribution < 1.29 is 8.42 Å². The van der Waals surface area contributed by atoms with E-state index in [1.807, 2.05) is 11.6 Å². The van der Waals surface area contributed by atoms with Gasteiger partial charge in [0.2, 0.25) is 0 Å². The van der Waals surface area contributed by atoms with Gasteiger partial charge in [-0.2, -0.15) is 10.2 Å². The Morgan fingerprint density at radius 2 is 2.22 bits per heavy atom. The van der Waals surface area contributed by atoms with Gasteiger partial charge in [-0.3, -0.25) is 14.7 Å². The molecule has 8 heteroatoms. The van der Waals surface area contributed by atoms with Crippen molar-refractivity contribution in [1.29, 1.82) is 0 Å². The predicted molar refractivity (Wildman–Crippen MR) is 87.0 cm³/mol. The molecule has 3 rings (SSSR count). The van der Waals surface area contributed by atoms with Crippen LogP contribution in [-0.4, -0.2) is 52.6 Å². The second-order valence-electron chi connectivity index (χ2n) is 6.24. The van der Waals surface area contributed by atoms with Gasteiger partial charge in [-0.05, 0) is 26.8 Å². The number of rotatable bonds is 5. The number of likely N-dealkylation sites (tertiary alicyclic amines) is 1. The van der Waals surface area contributed by atoms with Gasteiger partial charge in [0, 0.05) is 43.6 Å². The molecule has 1 N–H and O–H groups in total. The summed E-state index contributed by atoms with van der Waals surface area (Å²) in [6, 6.07) is 0. The summed E-state index contributed by atoms with van der Waals surface area (Å²) in [4.78, 5) is 2.68. The summed E-state index contributed by atoms with van der Waals surface area (Å²) >= 11 is 0. The van der Waals surface area contributed by atoms with Gasteiger partial charge in [-0.25, -0.2) is 8.42 Å². The number of nitrogens with one attached hydrogen (secondary N) is 1. The monoisotopic (exact) mass is 337 g/mol. The first-order chi connectivity index (χ1) is 10.9. The van der Waals surface area contributed by atoms with E-state index in [2.05, 4.69) is 33.3 Å². The molecule has 1 saturated heterocycles. The van der Waals surface area contributed by atoms with Crippen LogP contribution in [0.25, 0.3) is 0 Å². The summed E-state index contributed by atoms with van der Waals surface area (Å²) in [5.41, 5.74) is 3.05. The van der Waals surface area contributed by atoms with Crippen molar-refractivity contribution in [2.24, 2.45) is 0 Å². The number of hydrogen-bond acceptors (Lipinski definition) is 5. The zero-order valence-electron chi connectivity index (χ0n) is 13.8. The summed E-state index contributed by atoms with van der Waals surface area (Å²) < 4.78 is 25.6. The fourth-order valence-electron chi connectivity index (χ4n) is 3.20. The van der Waals surface area contributed by atoms with E-state index in [4.69, 9.17) is 0 Å². The molecular weight excluding hydrogens is 314 g/mol. The van der Waals surface area contributed by atoms with Gasteiger partial charge in [0.25, 0.3) is 0 Å². The highest BCUT2D eigenvalue weighted by molar-refractivity contribution is 7.90. The Morgan fingerprint density at radius 1 is 1.43 bits per heavy atom. The molecule has 1 aliphatic rings. The lowest BCUT2D eigenvalue weighted by Gasteiger charge is -2.15. The summed E-state index contributed by atoms with van der Waals surface area (Å²) in [6.07, 6.45) is 5.69. The van der Waals surface area contributed by atoms with Crippen LogP contribution < -0.4 is 0 Å². The first-order valence-corrected chi connectivity index (χ1v) is 9.76. The minimum Gasteiger partial charge on any atom is -0.298 e. The van der Waals surface area contributed by atoms with Crippen molar-refractivity contribution in [3.63, 3.8) is 0 Å². The van der Waals surface area contributed by atoms with E-state index in [0.29, 0.717) is 4.90 Å². The normalized spacial score (nSPS) is 19.5. The maximum absolute atomic E-state index is 11.8. The maximum atomic E-state index is 11.8. The Hall–Kier alpha value is -1.67. The van der Waals surface area contributed by atoms with Crippen LogP contribution >= 0.6 is 0 Å². The molecule has 2 aromatic heterocycles. The number of H-pyrrole nitrogens is 1. The third-order valence-electron chi connectivity index (χ3n) is 4.48. The summed E-state index contributed by atoms with van der Waals surface area (Å²) in [5.74, 6) is 0.184. The fraction of sp³-hybridized carbons (Fsp3) is 0.600. The second-order valence-corrected chi connectivity index (χ2v) is 8.22. The van der Waals surface area contributed by atoms with E-state index in [-0.39, 0.29) is 5.92 Å². The molecule has 2 aromatic rings. The number of aromatic nitrogens is 4. The Labute approximate surface area is 136 Å². The molecule has 0 radical (unpaired) electrons. The summed E-state index contributed by atoms with van der Waals surface area (Å²) in [6.45, 7) is 7.61. The Morgan fingerprint density at radius 3 is 2.87 bits per heavy atom. The molecule has 126 valence electrons. The highest BCUT2D eigenvalue weighted by atomic mass is 32.2. The standard InChI is InChI=1S/C15H23N5O2S/c1-4-20-10-13(11(2)18-20)9-19-6-5-12(8-19)15-14(7-16-17-15)23(3,21)22/h7,10,12H,4-6,8-9H2,1-3H3,(H,16,17)/t12-/m1/s1. The lowest BCUT2D eigenvalue weighted by Crippen LogP contribution is -2.20. The molecule has 0 aliphatic carbocycles. The van der Waals surface area contributed by atoms with Crippen LogP contribution in [0.5, 0.6) is 0 Å². The molecule has 0 saturated carbocycles. The number of aromatic amines is 1. The van der Waals surface area contributed by atoms with Crippen molar-refractivity contribution in [3.8, 4) is 0 Å².